The summed E-state index contributed by atoms with van der Waals surface area (Å²) in [6.45, 7) is 2.03. The SMILES string of the molecule is CC1CCC(Nc2cc(Cl)c(-c3ccc(CCCc4ccccn4)cc3)c(Cl)c2)=NC(N)=N1. The van der Waals surface area contributed by atoms with Gasteiger partial charge in [0.15, 0.2) is 0 Å². The summed E-state index contributed by atoms with van der Waals surface area (Å²) >= 11 is 13.3. The number of amidine groups is 1. The Hall–Kier alpha value is -2.89. The molecule has 0 fully saturated rings. The Balaban J connectivity index is 1.43. The van der Waals surface area contributed by atoms with Crippen LogP contribution in [0.15, 0.2) is 70.8 Å². The van der Waals surface area contributed by atoms with E-state index in [2.05, 4.69) is 50.6 Å². The van der Waals surface area contributed by atoms with Crippen LogP contribution in [0.5, 0.6) is 0 Å². The Morgan fingerprint density at radius 1 is 1.03 bits per heavy atom. The summed E-state index contributed by atoms with van der Waals surface area (Å²) in [7, 11) is 0. The predicted octanol–water partition coefficient (Wildman–Crippen LogP) is 6.54. The monoisotopic (exact) mass is 479 g/mol. The molecular weight excluding hydrogens is 453 g/mol. The zero-order valence-electron chi connectivity index (χ0n) is 18.6. The molecule has 4 rings (SSSR count). The van der Waals surface area contributed by atoms with Crippen molar-refractivity contribution in [3.05, 3.63) is 82.1 Å². The van der Waals surface area contributed by atoms with E-state index in [0.29, 0.717) is 10.0 Å². The number of nitrogens with two attached hydrogens (primary N) is 1. The van der Waals surface area contributed by atoms with Gasteiger partial charge in [-0.2, -0.15) is 0 Å². The molecule has 0 saturated carbocycles. The first-order valence-corrected chi connectivity index (χ1v) is 11.9. The third kappa shape index (κ3) is 6.34. The number of halogens is 2. The fourth-order valence-electron chi connectivity index (χ4n) is 3.89. The van der Waals surface area contributed by atoms with Gasteiger partial charge < -0.3 is 11.1 Å². The highest BCUT2D eigenvalue weighted by atomic mass is 35.5. The van der Waals surface area contributed by atoms with Crippen molar-refractivity contribution < 1.29 is 0 Å². The summed E-state index contributed by atoms with van der Waals surface area (Å²) in [4.78, 5) is 13.1. The van der Waals surface area contributed by atoms with Crippen LogP contribution in [0.25, 0.3) is 11.1 Å². The van der Waals surface area contributed by atoms with Crippen molar-refractivity contribution >= 4 is 40.7 Å². The minimum atomic E-state index is 0.153. The maximum absolute atomic E-state index is 6.64. The first-order chi connectivity index (χ1) is 16.0. The normalized spacial score (nSPS) is 16.0. The number of anilines is 1. The summed E-state index contributed by atoms with van der Waals surface area (Å²) in [6, 6.07) is 18.3. The first kappa shape index (κ1) is 23.3. The van der Waals surface area contributed by atoms with Crippen LogP contribution in [0.2, 0.25) is 10.0 Å². The molecule has 0 saturated heterocycles. The minimum absolute atomic E-state index is 0.153. The molecule has 33 heavy (non-hydrogen) atoms. The number of nitrogens with one attached hydrogen (secondary N) is 1. The van der Waals surface area contributed by atoms with Gasteiger partial charge in [0.1, 0.15) is 5.84 Å². The molecule has 1 aliphatic heterocycles. The fourth-order valence-corrected chi connectivity index (χ4v) is 4.60. The number of hydrogen-bond acceptors (Lipinski definition) is 5. The lowest BCUT2D eigenvalue weighted by Gasteiger charge is -2.14. The molecule has 0 bridgehead atoms. The van der Waals surface area contributed by atoms with Crippen molar-refractivity contribution in [1.29, 1.82) is 0 Å². The third-order valence-electron chi connectivity index (χ3n) is 5.60. The van der Waals surface area contributed by atoms with Gasteiger partial charge in [0.2, 0.25) is 5.96 Å². The molecule has 170 valence electrons. The number of nitrogens with zero attached hydrogens (tertiary/aromatic N) is 3. The molecular formula is C26H27Cl2N5. The molecule has 0 radical (unpaired) electrons. The molecule has 1 aromatic heterocycles. The van der Waals surface area contributed by atoms with Gasteiger partial charge in [-0.25, -0.2) is 9.98 Å². The summed E-state index contributed by atoms with van der Waals surface area (Å²) in [5, 5.41) is 4.45. The second-order valence-electron chi connectivity index (χ2n) is 8.24. The standard InChI is InChI=1S/C26H27Cl2N5/c1-17-8-13-24(33-26(29)31-17)32-21-15-22(27)25(23(28)16-21)19-11-9-18(10-12-19)5-4-7-20-6-2-3-14-30-20/h2-3,6,9-12,14-17H,4-5,7-8,13H2,1H3,(H3,29,31,32,33). The Morgan fingerprint density at radius 3 is 2.48 bits per heavy atom. The van der Waals surface area contributed by atoms with Crippen LogP contribution in [-0.4, -0.2) is 22.8 Å². The molecule has 0 aliphatic carbocycles. The molecule has 3 N–H and O–H groups in total. The van der Waals surface area contributed by atoms with E-state index in [9.17, 15) is 0 Å². The van der Waals surface area contributed by atoms with Crippen LogP contribution < -0.4 is 11.1 Å². The van der Waals surface area contributed by atoms with Crippen LogP contribution in [0, 0.1) is 0 Å². The Kier molecular flexibility index (Phi) is 7.63. The average Bonchev–Trinajstić information content (AvgIpc) is 2.94. The number of pyridine rings is 1. The first-order valence-electron chi connectivity index (χ1n) is 11.1. The highest BCUT2D eigenvalue weighted by Crippen LogP contribution is 2.37. The van der Waals surface area contributed by atoms with Gasteiger partial charge in [-0.15, -0.1) is 0 Å². The topological polar surface area (TPSA) is 75.7 Å². The zero-order valence-corrected chi connectivity index (χ0v) is 20.1. The van der Waals surface area contributed by atoms with E-state index in [0.717, 1.165) is 60.4 Å². The minimum Gasteiger partial charge on any atom is -0.368 e. The lowest BCUT2D eigenvalue weighted by Crippen LogP contribution is -2.16. The Bertz CT molecular complexity index is 1130. The van der Waals surface area contributed by atoms with Gasteiger partial charge in [0, 0.05) is 29.6 Å². The maximum Gasteiger partial charge on any atom is 0.217 e. The largest absolute Gasteiger partial charge is 0.368 e. The molecule has 2 aromatic carbocycles. The lowest BCUT2D eigenvalue weighted by atomic mass is 10.0. The van der Waals surface area contributed by atoms with Gasteiger partial charge in [-0.05, 0) is 68.0 Å². The molecule has 5 nitrogen and oxygen atoms in total. The van der Waals surface area contributed by atoms with E-state index in [-0.39, 0.29) is 12.0 Å². The van der Waals surface area contributed by atoms with Gasteiger partial charge in [0.05, 0.1) is 16.1 Å². The van der Waals surface area contributed by atoms with Crippen molar-refractivity contribution in [2.24, 2.45) is 15.7 Å². The van der Waals surface area contributed by atoms with Gasteiger partial charge in [0.25, 0.3) is 0 Å². The molecule has 0 amide bonds. The van der Waals surface area contributed by atoms with E-state index in [1.165, 1.54) is 5.56 Å². The molecule has 1 atom stereocenters. The smallest absolute Gasteiger partial charge is 0.217 e. The fraction of sp³-hybridized carbons (Fsp3) is 0.269. The van der Waals surface area contributed by atoms with Crippen LogP contribution in [0.4, 0.5) is 5.69 Å². The van der Waals surface area contributed by atoms with Gasteiger partial charge in [-0.3, -0.25) is 4.98 Å². The van der Waals surface area contributed by atoms with Crippen LogP contribution in [-0.2, 0) is 12.8 Å². The van der Waals surface area contributed by atoms with Gasteiger partial charge in [-0.1, -0.05) is 53.5 Å². The van der Waals surface area contributed by atoms with E-state index in [4.69, 9.17) is 28.9 Å². The summed E-state index contributed by atoms with van der Waals surface area (Å²) in [5.74, 6) is 1.05. The Morgan fingerprint density at radius 2 is 1.79 bits per heavy atom. The number of aryl methyl sites for hydroxylation is 2. The second-order valence-corrected chi connectivity index (χ2v) is 9.06. The molecule has 3 aromatic rings. The maximum atomic E-state index is 6.64. The average molecular weight is 480 g/mol. The van der Waals surface area contributed by atoms with Crippen molar-refractivity contribution in [3.8, 4) is 11.1 Å². The van der Waals surface area contributed by atoms with Crippen molar-refractivity contribution in [1.82, 2.24) is 4.98 Å². The van der Waals surface area contributed by atoms with E-state index in [1.54, 1.807) is 0 Å². The van der Waals surface area contributed by atoms with Crippen molar-refractivity contribution in [2.75, 3.05) is 5.32 Å². The summed E-state index contributed by atoms with van der Waals surface area (Å²) in [5.41, 5.74) is 10.9. The highest BCUT2D eigenvalue weighted by Gasteiger charge is 2.14. The molecule has 1 unspecified atom stereocenters. The van der Waals surface area contributed by atoms with Crippen molar-refractivity contribution in [2.45, 2.75) is 45.1 Å². The van der Waals surface area contributed by atoms with E-state index in [1.807, 2.05) is 37.4 Å². The van der Waals surface area contributed by atoms with Crippen LogP contribution in [0.1, 0.15) is 37.4 Å². The number of guanidine groups is 1. The third-order valence-corrected chi connectivity index (χ3v) is 6.20. The molecule has 0 spiro atoms. The summed E-state index contributed by atoms with van der Waals surface area (Å²) < 4.78 is 0. The number of hydrogen-bond donors (Lipinski definition) is 2. The number of aromatic nitrogens is 1. The number of rotatable bonds is 6. The van der Waals surface area contributed by atoms with Gasteiger partial charge >= 0.3 is 0 Å². The van der Waals surface area contributed by atoms with Crippen LogP contribution in [0.3, 0.4) is 0 Å². The van der Waals surface area contributed by atoms with Crippen molar-refractivity contribution in [3.63, 3.8) is 0 Å². The molecule has 2 heterocycles. The zero-order chi connectivity index (χ0) is 23.2. The van der Waals surface area contributed by atoms with E-state index < -0.39 is 0 Å². The molecule has 7 heteroatoms. The molecule has 1 aliphatic rings. The number of benzene rings is 2. The predicted molar refractivity (Wildman–Crippen MR) is 140 cm³/mol. The second kappa shape index (κ2) is 10.8. The number of aliphatic imine (C=N–C) groups is 2. The Labute approximate surface area is 204 Å². The lowest BCUT2D eigenvalue weighted by molar-refractivity contribution is 0.694. The van der Waals surface area contributed by atoms with Crippen LogP contribution >= 0.6 is 23.2 Å². The van der Waals surface area contributed by atoms with E-state index >= 15 is 0 Å². The highest BCUT2D eigenvalue weighted by molar-refractivity contribution is 6.39. The quantitative estimate of drug-likeness (QED) is 0.421. The summed E-state index contributed by atoms with van der Waals surface area (Å²) in [6.07, 6.45) is 6.48.